The van der Waals surface area contributed by atoms with Crippen LogP contribution in [0.5, 0.6) is 0 Å². The number of anilines is 1. The second-order valence-electron chi connectivity index (χ2n) is 7.17. The second-order valence-corrected chi connectivity index (χ2v) is 8.11. The summed E-state index contributed by atoms with van der Waals surface area (Å²) < 4.78 is 7.59. The highest BCUT2D eigenvalue weighted by Crippen LogP contribution is 2.30. The van der Waals surface area contributed by atoms with E-state index in [9.17, 15) is 0 Å². The Morgan fingerprint density at radius 2 is 1.60 bits per heavy atom. The third-order valence-corrected chi connectivity index (χ3v) is 6.01. The predicted molar refractivity (Wildman–Crippen MR) is 117 cm³/mol. The van der Waals surface area contributed by atoms with Crippen LogP contribution < -0.4 is 4.90 Å². The van der Waals surface area contributed by atoms with Crippen LogP contribution in [0.2, 0.25) is 0 Å². The minimum atomic E-state index is 0.533. The molecule has 0 radical (unpaired) electrons. The Labute approximate surface area is 179 Å². The summed E-state index contributed by atoms with van der Waals surface area (Å²) in [5, 5.41) is 14.0. The van der Waals surface area contributed by atoms with Crippen molar-refractivity contribution in [3.05, 3.63) is 66.6 Å². The van der Waals surface area contributed by atoms with E-state index in [0.717, 1.165) is 35.4 Å². The zero-order valence-electron chi connectivity index (χ0n) is 16.5. The average molecular weight is 419 g/mol. The van der Waals surface area contributed by atoms with E-state index in [1.807, 2.05) is 48.5 Å². The Kier molecular flexibility index (Phi) is 5.48. The van der Waals surface area contributed by atoms with Crippen molar-refractivity contribution in [2.75, 3.05) is 18.0 Å². The molecule has 0 amide bonds. The maximum atomic E-state index is 5.46. The van der Waals surface area contributed by atoms with Crippen molar-refractivity contribution in [1.82, 2.24) is 24.9 Å². The Bertz CT molecular complexity index is 1090. The van der Waals surface area contributed by atoms with Crippen LogP contribution in [-0.2, 0) is 5.75 Å². The quantitative estimate of drug-likeness (QED) is 0.424. The molecule has 5 rings (SSSR count). The summed E-state index contributed by atoms with van der Waals surface area (Å²) >= 11 is 1.55. The summed E-state index contributed by atoms with van der Waals surface area (Å²) in [4.78, 5) is 6.86. The van der Waals surface area contributed by atoms with Crippen molar-refractivity contribution in [2.24, 2.45) is 0 Å². The monoisotopic (exact) mass is 418 g/mol. The molecule has 0 N–H and O–H groups in total. The van der Waals surface area contributed by atoms with Crippen LogP contribution in [0.4, 0.5) is 5.95 Å². The van der Waals surface area contributed by atoms with Gasteiger partial charge in [0.2, 0.25) is 17.7 Å². The van der Waals surface area contributed by atoms with Gasteiger partial charge in [-0.3, -0.25) is 4.57 Å². The van der Waals surface area contributed by atoms with Crippen LogP contribution in [0.25, 0.3) is 17.1 Å². The van der Waals surface area contributed by atoms with Crippen molar-refractivity contribution < 1.29 is 4.52 Å². The first-order chi connectivity index (χ1) is 14.9. The maximum Gasteiger partial charge on any atom is 0.237 e. The number of nitrogens with zero attached hydrogens (tertiary/aromatic N) is 6. The standard InChI is InChI=1S/C22H22N6OS/c1-4-10-17(11-5-1)20-23-19(29-26-20)16-30-22-25-24-21(27-14-8-3-9-15-27)28(22)18-12-6-2-7-13-18/h1-2,4-7,10-13H,3,8-9,14-16H2. The first-order valence-corrected chi connectivity index (χ1v) is 11.1. The van der Waals surface area contributed by atoms with Gasteiger partial charge < -0.3 is 9.42 Å². The van der Waals surface area contributed by atoms with Crippen LogP contribution in [0, 0.1) is 0 Å². The first kappa shape index (κ1) is 18.9. The van der Waals surface area contributed by atoms with Crippen LogP contribution in [0.1, 0.15) is 25.2 Å². The zero-order valence-corrected chi connectivity index (χ0v) is 17.3. The van der Waals surface area contributed by atoms with Gasteiger partial charge in [-0.05, 0) is 31.4 Å². The summed E-state index contributed by atoms with van der Waals surface area (Å²) in [6.45, 7) is 2.03. The number of rotatable bonds is 6. The predicted octanol–water partition coefficient (Wildman–Crippen LogP) is 4.60. The van der Waals surface area contributed by atoms with Gasteiger partial charge in [-0.15, -0.1) is 10.2 Å². The highest BCUT2D eigenvalue weighted by molar-refractivity contribution is 7.98. The van der Waals surface area contributed by atoms with Gasteiger partial charge in [-0.1, -0.05) is 65.4 Å². The van der Waals surface area contributed by atoms with Crippen molar-refractivity contribution in [3.63, 3.8) is 0 Å². The van der Waals surface area contributed by atoms with Crippen molar-refractivity contribution >= 4 is 17.7 Å². The Morgan fingerprint density at radius 3 is 2.37 bits per heavy atom. The fourth-order valence-corrected chi connectivity index (χ4v) is 4.39. The number of thioether (sulfide) groups is 1. The first-order valence-electron chi connectivity index (χ1n) is 10.1. The molecule has 1 aliphatic heterocycles. The minimum absolute atomic E-state index is 0.533. The maximum absolute atomic E-state index is 5.46. The smallest absolute Gasteiger partial charge is 0.237 e. The highest BCUT2D eigenvalue weighted by atomic mass is 32.2. The third kappa shape index (κ3) is 3.95. The van der Waals surface area contributed by atoms with Gasteiger partial charge in [0.25, 0.3) is 0 Å². The van der Waals surface area contributed by atoms with Crippen LogP contribution in [0.15, 0.2) is 70.3 Å². The normalized spacial score (nSPS) is 14.2. The van der Waals surface area contributed by atoms with Gasteiger partial charge >= 0.3 is 0 Å². The van der Waals surface area contributed by atoms with E-state index >= 15 is 0 Å². The molecule has 8 heteroatoms. The van der Waals surface area contributed by atoms with Crippen LogP contribution >= 0.6 is 11.8 Å². The minimum Gasteiger partial charge on any atom is -0.341 e. The molecule has 2 aromatic carbocycles. The number of aromatic nitrogens is 5. The van der Waals surface area contributed by atoms with Crippen LogP contribution in [0.3, 0.4) is 0 Å². The second kappa shape index (κ2) is 8.71. The average Bonchev–Trinajstić information content (AvgIpc) is 3.47. The molecule has 0 aliphatic carbocycles. The van der Waals surface area contributed by atoms with Crippen molar-refractivity contribution in [2.45, 2.75) is 30.2 Å². The number of hydrogen-bond donors (Lipinski definition) is 0. The van der Waals surface area contributed by atoms with Crippen molar-refractivity contribution in [1.29, 1.82) is 0 Å². The van der Waals surface area contributed by atoms with Gasteiger partial charge in [-0.2, -0.15) is 4.98 Å². The lowest BCUT2D eigenvalue weighted by Gasteiger charge is -2.27. The molecule has 7 nitrogen and oxygen atoms in total. The Hall–Kier alpha value is -3.13. The lowest BCUT2D eigenvalue weighted by Crippen LogP contribution is -2.31. The van der Waals surface area contributed by atoms with E-state index in [1.165, 1.54) is 19.3 Å². The van der Waals surface area contributed by atoms with E-state index in [4.69, 9.17) is 4.52 Å². The molecule has 1 saturated heterocycles. The summed E-state index contributed by atoms with van der Waals surface area (Å²) in [5.74, 6) is 2.61. The fourth-order valence-electron chi connectivity index (χ4n) is 3.60. The zero-order chi connectivity index (χ0) is 20.2. The van der Waals surface area contributed by atoms with Crippen molar-refractivity contribution in [3.8, 4) is 17.1 Å². The van der Waals surface area contributed by atoms with E-state index in [0.29, 0.717) is 17.5 Å². The number of benzene rings is 2. The molecule has 152 valence electrons. The largest absolute Gasteiger partial charge is 0.341 e. The molecule has 30 heavy (non-hydrogen) atoms. The summed E-state index contributed by atoms with van der Waals surface area (Å²) in [6, 6.07) is 20.1. The summed E-state index contributed by atoms with van der Waals surface area (Å²) in [7, 11) is 0. The molecule has 0 atom stereocenters. The molecule has 0 saturated carbocycles. The van der Waals surface area contributed by atoms with Crippen LogP contribution in [-0.4, -0.2) is 38.0 Å². The molecular weight excluding hydrogens is 396 g/mol. The molecule has 3 heterocycles. The molecule has 0 spiro atoms. The SMILES string of the molecule is c1ccc(-c2noc(CSc3nnc(N4CCCCC4)n3-c3ccccc3)n2)cc1. The lowest BCUT2D eigenvalue weighted by molar-refractivity contribution is 0.391. The molecule has 0 bridgehead atoms. The third-order valence-electron chi connectivity index (χ3n) is 5.09. The molecule has 0 unspecified atom stereocenters. The Balaban J connectivity index is 1.39. The molecule has 1 aliphatic rings. The van der Waals surface area contributed by atoms with Gasteiger partial charge in [-0.25, -0.2) is 0 Å². The fraction of sp³-hybridized carbons (Fsp3) is 0.273. The van der Waals surface area contributed by atoms with Gasteiger partial charge in [0.1, 0.15) is 0 Å². The number of hydrogen-bond acceptors (Lipinski definition) is 7. The molecular formula is C22H22N6OS. The molecule has 1 fully saturated rings. The van der Waals surface area contributed by atoms with E-state index in [-0.39, 0.29) is 0 Å². The Morgan fingerprint density at radius 1 is 0.867 bits per heavy atom. The summed E-state index contributed by atoms with van der Waals surface area (Å²) in [6.07, 6.45) is 3.65. The number of para-hydroxylation sites is 1. The molecule has 4 aromatic rings. The van der Waals surface area contributed by atoms with Gasteiger partial charge in [0.15, 0.2) is 5.16 Å². The number of piperidine rings is 1. The van der Waals surface area contributed by atoms with E-state index in [2.05, 4.69) is 41.9 Å². The van der Waals surface area contributed by atoms with E-state index in [1.54, 1.807) is 11.8 Å². The van der Waals surface area contributed by atoms with Gasteiger partial charge in [0, 0.05) is 18.7 Å². The highest BCUT2D eigenvalue weighted by Gasteiger charge is 2.22. The summed E-state index contributed by atoms with van der Waals surface area (Å²) in [5.41, 5.74) is 2.00. The lowest BCUT2D eigenvalue weighted by atomic mass is 10.1. The van der Waals surface area contributed by atoms with Gasteiger partial charge in [0.05, 0.1) is 11.4 Å². The molecule has 2 aromatic heterocycles. The topological polar surface area (TPSA) is 72.9 Å². The van der Waals surface area contributed by atoms with E-state index < -0.39 is 0 Å².